The summed E-state index contributed by atoms with van der Waals surface area (Å²) in [5, 5.41) is 12.3. The van der Waals surface area contributed by atoms with Gasteiger partial charge in [0, 0.05) is 39.2 Å². The monoisotopic (exact) mass is 437 g/mol. The van der Waals surface area contributed by atoms with Crippen molar-refractivity contribution < 1.29 is 9.53 Å². The summed E-state index contributed by atoms with van der Waals surface area (Å²) in [7, 11) is 0. The molecule has 7 heteroatoms. The van der Waals surface area contributed by atoms with Crippen molar-refractivity contribution in [2.75, 3.05) is 32.8 Å². The number of ether oxygens (including phenoxy) is 1. The van der Waals surface area contributed by atoms with Crippen molar-refractivity contribution in [2.45, 2.75) is 46.2 Å². The fourth-order valence-corrected chi connectivity index (χ4v) is 4.55. The van der Waals surface area contributed by atoms with E-state index >= 15 is 0 Å². The minimum absolute atomic E-state index is 0.0577. The second-order valence-electron chi connectivity index (χ2n) is 9.34. The Morgan fingerprint density at radius 1 is 1.22 bits per heavy atom. The number of fused-ring (bicyclic) bond motifs is 1. The van der Waals surface area contributed by atoms with Crippen LogP contribution in [-0.4, -0.2) is 58.4 Å². The lowest BCUT2D eigenvalue weighted by Crippen LogP contribution is -2.38. The van der Waals surface area contributed by atoms with Crippen LogP contribution in [0, 0.1) is 11.8 Å². The average Bonchev–Trinajstić information content (AvgIpc) is 3.41. The summed E-state index contributed by atoms with van der Waals surface area (Å²) in [6.45, 7) is 11.3. The van der Waals surface area contributed by atoms with E-state index in [9.17, 15) is 4.79 Å². The van der Waals surface area contributed by atoms with E-state index in [2.05, 4.69) is 76.1 Å². The number of nitrogens with zero attached hydrogens (tertiary/aromatic N) is 4. The van der Waals surface area contributed by atoms with E-state index in [1.807, 2.05) is 6.07 Å². The highest BCUT2D eigenvalue weighted by atomic mass is 16.5. The van der Waals surface area contributed by atoms with Gasteiger partial charge < -0.3 is 14.6 Å². The van der Waals surface area contributed by atoms with E-state index in [0.29, 0.717) is 13.2 Å². The number of hydrogen-bond donors (Lipinski definition) is 1. The Morgan fingerprint density at radius 2 is 2.03 bits per heavy atom. The van der Waals surface area contributed by atoms with Crippen LogP contribution in [0.3, 0.4) is 0 Å². The van der Waals surface area contributed by atoms with E-state index in [0.717, 1.165) is 50.7 Å². The molecule has 0 bridgehead atoms. The molecule has 1 amide bonds. The molecule has 2 unspecified atom stereocenters. The topological polar surface area (TPSA) is 72.3 Å². The molecule has 2 aliphatic rings. The van der Waals surface area contributed by atoms with Crippen molar-refractivity contribution in [3.05, 3.63) is 53.1 Å². The van der Waals surface area contributed by atoms with Crippen LogP contribution in [0.4, 0.5) is 0 Å². The zero-order valence-corrected chi connectivity index (χ0v) is 19.5. The van der Waals surface area contributed by atoms with Crippen LogP contribution in [-0.2, 0) is 22.5 Å². The van der Waals surface area contributed by atoms with Gasteiger partial charge in [-0.1, -0.05) is 55.8 Å². The number of benzene rings is 1. The summed E-state index contributed by atoms with van der Waals surface area (Å²) in [6, 6.07) is 10.3. The van der Waals surface area contributed by atoms with Gasteiger partial charge in [0.15, 0.2) is 5.82 Å². The van der Waals surface area contributed by atoms with Crippen molar-refractivity contribution in [3.8, 4) is 0 Å². The Kier molecular flexibility index (Phi) is 7.37. The molecule has 32 heavy (non-hydrogen) atoms. The highest BCUT2D eigenvalue weighted by molar-refractivity contribution is 5.79. The first-order valence-corrected chi connectivity index (χ1v) is 11.8. The second-order valence-corrected chi connectivity index (χ2v) is 9.34. The molecule has 172 valence electrons. The number of rotatable bonds is 7. The third-order valence-corrected chi connectivity index (χ3v) is 6.38. The summed E-state index contributed by atoms with van der Waals surface area (Å²) in [5.41, 5.74) is 2.59. The first kappa shape index (κ1) is 22.7. The molecule has 1 N–H and O–H groups in total. The predicted octanol–water partition coefficient (Wildman–Crippen LogP) is 3.09. The number of amides is 1. The maximum absolute atomic E-state index is 12.8. The third-order valence-electron chi connectivity index (χ3n) is 6.38. The smallest absolute Gasteiger partial charge is 0.226 e. The molecule has 1 aromatic carbocycles. The lowest BCUT2D eigenvalue weighted by molar-refractivity contribution is -0.126. The van der Waals surface area contributed by atoms with E-state index in [4.69, 9.17) is 4.74 Å². The first-order valence-electron chi connectivity index (χ1n) is 11.8. The van der Waals surface area contributed by atoms with Gasteiger partial charge in [0.2, 0.25) is 5.91 Å². The summed E-state index contributed by atoms with van der Waals surface area (Å²) in [5.74, 6) is 2.12. The maximum Gasteiger partial charge on any atom is 0.226 e. The molecular formula is C25H35N5O2. The number of carbonyl (C=O) groups excluding carboxylic acids is 1. The largest absolute Gasteiger partial charge is 0.381 e. The Bertz CT molecular complexity index is 931. The van der Waals surface area contributed by atoms with Crippen LogP contribution in [0.5, 0.6) is 0 Å². The average molecular weight is 438 g/mol. The van der Waals surface area contributed by atoms with Gasteiger partial charge in [0.25, 0.3) is 0 Å². The van der Waals surface area contributed by atoms with Gasteiger partial charge in [0.05, 0.1) is 18.6 Å². The zero-order chi connectivity index (χ0) is 22.5. The van der Waals surface area contributed by atoms with Crippen LogP contribution in [0.1, 0.15) is 50.4 Å². The molecule has 2 atom stereocenters. The molecule has 4 rings (SSSR count). The molecule has 0 aliphatic carbocycles. The minimum Gasteiger partial charge on any atom is -0.381 e. The number of nitrogens with one attached hydrogen (secondary N) is 1. The van der Waals surface area contributed by atoms with E-state index < -0.39 is 0 Å². The summed E-state index contributed by atoms with van der Waals surface area (Å²) >= 11 is 0. The van der Waals surface area contributed by atoms with Crippen molar-refractivity contribution in [3.63, 3.8) is 0 Å². The molecule has 3 heterocycles. The number of carbonyl (C=O) groups is 1. The summed E-state index contributed by atoms with van der Waals surface area (Å²) in [6.07, 6.45) is 3.91. The van der Waals surface area contributed by atoms with Gasteiger partial charge in [0.1, 0.15) is 5.82 Å². The highest BCUT2D eigenvalue weighted by Gasteiger charge is 2.31. The SMILES string of the molecule is C/C(=C\c1ccccc1)CN1CCc2nnc(C(NC(=O)C3CCOC3)C(C)C)n2CC1. The third kappa shape index (κ3) is 5.45. The second kappa shape index (κ2) is 10.4. The zero-order valence-electron chi connectivity index (χ0n) is 19.5. The van der Waals surface area contributed by atoms with Crippen LogP contribution >= 0.6 is 0 Å². The summed E-state index contributed by atoms with van der Waals surface area (Å²) < 4.78 is 7.62. The molecular weight excluding hydrogens is 402 g/mol. The number of aromatic nitrogens is 3. The Labute approximate surface area is 190 Å². The molecule has 0 saturated carbocycles. The van der Waals surface area contributed by atoms with Gasteiger partial charge >= 0.3 is 0 Å². The maximum atomic E-state index is 12.8. The fraction of sp³-hybridized carbons (Fsp3) is 0.560. The van der Waals surface area contributed by atoms with Crippen LogP contribution in [0.15, 0.2) is 35.9 Å². The van der Waals surface area contributed by atoms with E-state index in [1.54, 1.807) is 0 Å². The van der Waals surface area contributed by atoms with Crippen molar-refractivity contribution in [2.24, 2.45) is 11.8 Å². The van der Waals surface area contributed by atoms with E-state index in [1.165, 1.54) is 11.1 Å². The minimum atomic E-state index is -0.143. The highest BCUT2D eigenvalue weighted by Crippen LogP contribution is 2.24. The molecule has 1 fully saturated rings. The molecule has 0 radical (unpaired) electrons. The molecule has 7 nitrogen and oxygen atoms in total. The Hall–Kier alpha value is -2.51. The molecule has 1 aromatic heterocycles. The number of hydrogen-bond acceptors (Lipinski definition) is 5. The molecule has 2 aromatic rings. The van der Waals surface area contributed by atoms with Crippen LogP contribution in [0.2, 0.25) is 0 Å². The first-order chi connectivity index (χ1) is 15.5. The van der Waals surface area contributed by atoms with Crippen molar-refractivity contribution in [1.29, 1.82) is 0 Å². The van der Waals surface area contributed by atoms with Crippen LogP contribution < -0.4 is 5.32 Å². The van der Waals surface area contributed by atoms with E-state index in [-0.39, 0.29) is 23.8 Å². The van der Waals surface area contributed by atoms with Crippen molar-refractivity contribution >= 4 is 12.0 Å². The lowest BCUT2D eigenvalue weighted by Gasteiger charge is -2.24. The van der Waals surface area contributed by atoms with Gasteiger partial charge in [-0.2, -0.15) is 0 Å². The lowest BCUT2D eigenvalue weighted by atomic mass is 10.0. The molecule has 0 spiro atoms. The Morgan fingerprint density at radius 3 is 2.75 bits per heavy atom. The summed E-state index contributed by atoms with van der Waals surface area (Å²) in [4.78, 5) is 15.2. The quantitative estimate of drug-likeness (QED) is 0.721. The molecule has 1 saturated heterocycles. The van der Waals surface area contributed by atoms with Gasteiger partial charge in [-0.05, 0) is 24.8 Å². The van der Waals surface area contributed by atoms with Gasteiger partial charge in [-0.25, -0.2) is 0 Å². The van der Waals surface area contributed by atoms with Gasteiger partial charge in [-0.15, -0.1) is 10.2 Å². The van der Waals surface area contributed by atoms with Crippen molar-refractivity contribution in [1.82, 2.24) is 25.0 Å². The predicted molar refractivity (Wildman–Crippen MR) is 125 cm³/mol. The standard InChI is InChI=1S/C25H35N5O2/c1-18(2)23(26-25(31)21-10-14-32-17-21)24-28-27-22-9-11-29(12-13-30(22)24)16-19(3)15-20-7-5-4-6-8-20/h4-8,15,18,21,23H,9-14,16-17H2,1-3H3,(H,26,31)/b19-15+. The molecule has 2 aliphatic heterocycles. The fourth-order valence-electron chi connectivity index (χ4n) is 4.55. The van der Waals surface area contributed by atoms with Gasteiger partial charge in [-0.3, -0.25) is 9.69 Å². The Balaban J connectivity index is 1.42. The van der Waals surface area contributed by atoms with Crippen LogP contribution in [0.25, 0.3) is 6.08 Å². The normalized spacial score (nSPS) is 20.8.